The summed E-state index contributed by atoms with van der Waals surface area (Å²) < 4.78 is 5.59. The maximum Gasteiger partial charge on any atom is 0.356 e. The van der Waals surface area contributed by atoms with Gasteiger partial charge >= 0.3 is 5.97 Å². The van der Waals surface area contributed by atoms with Gasteiger partial charge in [-0.05, 0) is 24.6 Å². The Morgan fingerprint density at radius 1 is 1.23 bits per heavy atom. The van der Waals surface area contributed by atoms with E-state index in [1.807, 2.05) is 29.0 Å². The number of esters is 1. The van der Waals surface area contributed by atoms with Gasteiger partial charge in [0.15, 0.2) is 5.13 Å². The second kappa shape index (κ2) is 12.1. The summed E-state index contributed by atoms with van der Waals surface area (Å²) in [6.07, 6.45) is -0.845. The maximum atomic E-state index is 13.4. The number of nitrogens with zero attached hydrogens (tertiary/aromatic N) is 5. The number of benzene rings is 1. The average Bonchev–Trinajstić information content (AvgIpc) is 3.55. The molecular formula is C28H31N5O7S3. The molecule has 12 nitrogen and oxygen atoms in total. The van der Waals surface area contributed by atoms with Crippen molar-refractivity contribution >= 4 is 63.5 Å². The van der Waals surface area contributed by atoms with Crippen LogP contribution in [0.2, 0.25) is 0 Å². The highest BCUT2D eigenvalue weighted by Crippen LogP contribution is 2.52. The average molecular weight is 646 g/mol. The molecular weight excluding hydrogens is 615 g/mol. The van der Waals surface area contributed by atoms with Crippen molar-refractivity contribution < 1.29 is 29.2 Å². The first kappa shape index (κ1) is 29.9. The van der Waals surface area contributed by atoms with Crippen molar-refractivity contribution in [2.24, 2.45) is 11.8 Å². The highest BCUT2D eigenvalue weighted by molar-refractivity contribution is 8.03. The lowest BCUT2D eigenvalue weighted by Crippen LogP contribution is -2.63. The van der Waals surface area contributed by atoms with E-state index in [-0.39, 0.29) is 47.0 Å². The zero-order valence-electron chi connectivity index (χ0n) is 23.6. The Bertz CT molecular complexity index is 1470. The van der Waals surface area contributed by atoms with E-state index in [9.17, 15) is 29.6 Å². The van der Waals surface area contributed by atoms with Crippen LogP contribution in [-0.4, -0.2) is 97.7 Å². The van der Waals surface area contributed by atoms with Crippen LogP contribution in [0.3, 0.4) is 0 Å². The lowest BCUT2D eigenvalue weighted by molar-refractivity contribution is -0.384. The summed E-state index contributed by atoms with van der Waals surface area (Å²) >= 11 is 4.84. The number of nitro benzene ring substituents is 1. The summed E-state index contributed by atoms with van der Waals surface area (Å²) in [5, 5.41) is 24.0. The van der Waals surface area contributed by atoms with Crippen molar-refractivity contribution in [3.05, 3.63) is 61.6 Å². The van der Waals surface area contributed by atoms with Crippen LogP contribution in [0.4, 0.5) is 10.8 Å². The fourth-order valence-corrected chi connectivity index (χ4v) is 9.12. The number of amides is 2. The summed E-state index contributed by atoms with van der Waals surface area (Å²) in [5.41, 5.74) is 1.21. The first-order chi connectivity index (χ1) is 20.6. The van der Waals surface area contributed by atoms with Gasteiger partial charge in [0.25, 0.3) is 11.6 Å². The molecule has 43 heavy (non-hydrogen) atoms. The second-order valence-electron chi connectivity index (χ2n) is 11.0. The standard InChI is InChI=1S/C28H31N5O7S3/c1-15-22-21(16(2)34)26(36)32(22)23(27(37)40-13-17-3-5-18(6-4-17)33(38)39)24(15)43-19-11-31(12-19)28-29-20(14-42-28)25(35)30-7-9-41-10-8-30/h3-6,14-16,19,21-22,34H,7-13H2,1-2H3/t15-,16-,21-,22-/m1/s1. The van der Waals surface area contributed by atoms with Crippen LogP contribution in [0.5, 0.6) is 0 Å². The van der Waals surface area contributed by atoms with Gasteiger partial charge in [0.2, 0.25) is 5.91 Å². The Hall–Kier alpha value is -3.14. The molecule has 4 aliphatic heterocycles. The third-order valence-electron chi connectivity index (χ3n) is 8.24. The summed E-state index contributed by atoms with van der Waals surface area (Å²) in [7, 11) is 0. The van der Waals surface area contributed by atoms with Crippen molar-refractivity contribution in [1.29, 1.82) is 0 Å². The predicted octanol–water partition coefficient (Wildman–Crippen LogP) is 2.97. The van der Waals surface area contributed by atoms with Crippen LogP contribution in [0.15, 0.2) is 40.2 Å². The van der Waals surface area contributed by atoms with E-state index in [1.165, 1.54) is 40.5 Å². The minimum absolute atomic E-state index is 0.0297. The molecule has 2 amide bonds. The van der Waals surface area contributed by atoms with Crippen molar-refractivity contribution in [1.82, 2.24) is 14.8 Å². The van der Waals surface area contributed by atoms with Crippen LogP contribution < -0.4 is 4.90 Å². The summed E-state index contributed by atoms with van der Waals surface area (Å²) in [4.78, 5) is 60.5. The van der Waals surface area contributed by atoms with Crippen molar-refractivity contribution in [2.45, 2.75) is 37.9 Å². The number of rotatable bonds is 9. The Morgan fingerprint density at radius 3 is 2.58 bits per heavy atom. The third kappa shape index (κ3) is 5.63. The van der Waals surface area contributed by atoms with Gasteiger partial charge in [-0.3, -0.25) is 19.7 Å². The molecule has 228 valence electrons. The molecule has 0 radical (unpaired) electrons. The molecule has 4 aliphatic rings. The second-order valence-corrected chi connectivity index (χ2v) is 14.4. The molecule has 3 fully saturated rings. The van der Waals surface area contributed by atoms with E-state index in [2.05, 4.69) is 9.88 Å². The predicted molar refractivity (Wildman–Crippen MR) is 164 cm³/mol. The van der Waals surface area contributed by atoms with Gasteiger partial charge in [-0.25, -0.2) is 9.78 Å². The van der Waals surface area contributed by atoms with Gasteiger partial charge in [-0.1, -0.05) is 6.92 Å². The molecule has 6 rings (SSSR count). The smallest absolute Gasteiger partial charge is 0.356 e. The van der Waals surface area contributed by atoms with Crippen LogP contribution in [0.25, 0.3) is 0 Å². The number of thiazole rings is 1. The molecule has 1 N–H and O–H groups in total. The van der Waals surface area contributed by atoms with Crippen molar-refractivity contribution in [3.8, 4) is 0 Å². The van der Waals surface area contributed by atoms with Crippen LogP contribution in [0, 0.1) is 22.0 Å². The molecule has 15 heteroatoms. The summed E-state index contributed by atoms with van der Waals surface area (Å²) in [6.45, 7) is 6.27. The zero-order valence-corrected chi connectivity index (χ0v) is 26.0. The third-order valence-corrected chi connectivity index (χ3v) is 11.5. The first-order valence-corrected chi connectivity index (χ1v) is 17.0. The van der Waals surface area contributed by atoms with Gasteiger partial charge in [0.1, 0.15) is 18.0 Å². The molecule has 4 atom stereocenters. The van der Waals surface area contributed by atoms with Crippen LogP contribution >= 0.6 is 34.9 Å². The number of ether oxygens (including phenoxy) is 1. The number of anilines is 1. The van der Waals surface area contributed by atoms with E-state index in [4.69, 9.17) is 4.74 Å². The SMILES string of the molecule is C[C@@H](O)[C@H]1C(=O)N2C(C(=O)OCc3ccc([N+](=O)[O-])cc3)=C(SC3CN(c4nc(C(=O)N5CCSCC5)cs4)C3)[C@H](C)[C@H]12. The number of aromatic nitrogens is 1. The number of hydrogen-bond donors (Lipinski definition) is 1. The van der Waals surface area contributed by atoms with Crippen LogP contribution in [-0.2, 0) is 20.9 Å². The molecule has 1 aromatic carbocycles. The van der Waals surface area contributed by atoms with E-state index >= 15 is 0 Å². The number of carbonyl (C=O) groups is 3. The van der Waals surface area contributed by atoms with E-state index < -0.39 is 22.9 Å². The highest BCUT2D eigenvalue weighted by atomic mass is 32.2. The number of carbonyl (C=O) groups excluding carboxylic acids is 3. The van der Waals surface area contributed by atoms with E-state index in [0.717, 1.165) is 34.6 Å². The largest absolute Gasteiger partial charge is 0.456 e. The fraction of sp³-hybridized carbons (Fsp3) is 0.500. The van der Waals surface area contributed by atoms with Crippen molar-refractivity contribution in [3.63, 3.8) is 0 Å². The Labute approximate surface area is 260 Å². The van der Waals surface area contributed by atoms with Gasteiger partial charge < -0.3 is 24.5 Å². The number of hydrogen-bond acceptors (Lipinski definition) is 12. The molecule has 5 heterocycles. The fourth-order valence-electron chi connectivity index (χ4n) is 5.88. The quantitative estimate of drug-likeness (QED) is 0.186. The maximum absolute atomic E-state index is 13.4. The minimum Gasteiger partial charge on any atom is -0.456 e. The number of nitro groups is 1. The minimum atomic E-state index is -0.845. The normalized spacial score (nSPS) is 24.4. The Morgan fingerprint density at radius 2 is 1.93 bits per heavy atom. The topological polar surface area (TPSA) is 146 Å². The number of aliphatic hydroxyl groups excluding tert-OH is 1. The zero-order chi connectivity index (χ0) is 30.4. The molecule has 0 bridgehead atoms. The van der Waals surface area contributed by atoms with Gasteiger partial charge in [-0.15, -0.1) is 23.1 Å². The lowest BCUT2D eigenvalue weighted by atomic mass is 9.79. The molecule has 1 aromatic heterocycles. The monoisotopic (exact) mass is 645 g/mol. The molecule has 3 saturated heterocycles. The van der Waals surface area contributed by atoms with Crippen molar-refractivity contribution in [2.75, 3.05) is 42.6 Å². The summed E-state index contributed by atoms with van der Waals surface area (Å²) in [5.74, 6) is 0.166. The van der Waals surface area contributed by atoms with Crippen LogP contribution in [0.1, 0.15) is 29.9 Å². The molecule has 0 aliphatic carbocycles. The first-order valence-electron chi connectivity index (χ1n) is 14.0. The highest BCUT2D eigenvalue weighted by Gasteiger charge is 2.60. The molecule has 0 saturated carbocycles. The van der Waals surface area contributed by atoms with Gasteiger partial charge in [-0.2, -0.15) is 11.8 Å². The lowest BCUT2D eigenvalue weighted by Gasteiger charge is -2.46. The number of β-lactam (4-membered cyclic amide) rings is 1. The Balaban J connectivity index is 1.13. The molecule has 2 aromatic rings. The number of fused-ring (bicyclic) bond motifs is 1. The van der Waals surface area contributed by atoms with E-state index in [1.54, 1.807) is 18.7 Å². The Kier molecular flexibility index (Phi) is 8.41. The van der Waals surface area contributed by atoms with E-state index in [0.29, 0.717) is 24.3 Å². The summed E-state index contributed by atoms with van der Waals surface area (Å²) in [6, 6.07) is 5.42. The molecule has 0 unspecified atom stereocenters. The van der Waals surface area contributed by atoms with Gasteiger partial charge in [0.05, 0.1) is 23.0 Å². The molecule has 0 spiro atoms. The number of non-ortho nitro benzene ring substituents is 1. The van der Waals surface area contributed by atoms with Gasteiger partial charge in [0, 0.05) is 71.3 Å². The number of aliphatic hydroxyl groups is 1. The number of thioether (sulfide) groups is 2.